The van der Waals surface area contributed by atoms with Crippen LogP contribution in [0.15, 0.2) is 0 Å². The molecular formula is C11H19NO3. The maximum Gasteiger partial charge on any atom is 0.309 e. The zero-order valence-electron chi connectivity index (χ0n) is 9.40. The second-order valence-electron chi connectivity index (χ2n) is 4.96. The fraction of sp³-hybridized carbons (Fsp3) is 0.909. The number of carboxylic acid groups (broad SMARTS) is 1. The molecule has 0 saturated carbocycles. The van der Waals surface area contributed by atoms with Gasteiger partial charge in [-0.1, -0.05) is 0 Å². The van der Waals surface area contributed by atoms with E-state index in [0.29, 0.717) is 6.42 Å². The van der Waals surface area contributed by atoms with E-state index < -0.39 is 5.97 Å². The molecule has 2 atom stereocenters. The number of likely N-dealkylation sites (tertiary alicyclic amines) is 1. The van der Waals surface area contributed by atoms with Gasteiger partial charge in [-0.05, 0) is 33.2 Å². The summed E-state index contributed by atoms with van der Waals surface area (Å²) in [5.41, 5.74) is -0.144. The standard InChI is InChI=1S/C11H19NO3/c1-8-9(10(13)14)7-11(15-8)3-5-12(2)6-4-11/h8-9H,3-7H2,1-2H3,(H,13,14). The van der Waals surface area contributed by atoms with Crippen molar-refractivity contribution in [3.63, 3.8) is 0 Å². The van der Waals surface area contributed by atoms with Crippen molar-refractivity contribution in [2.45, 2.75) is 37.9 Å². The minimum absolute atomic E-state index is 0.133. The summed E-state index contributed by atoms with van der Waals surface area (Å²) in [5.74, 6) is -1.02. The fourth-order valence-electron chi connectivity index (χ4n) is 2.73. The number of aliphatic carboxylic acids is 1. The second-order valence-corrected chi connectivity index (χ2v) is 4.96. The first-order chi connectivity index (χ1) is 7.02. The van der Waals surface area contributed by atoms with E-state index in [9.17, 15) is 4.79 Å². The van der Waals surface area contributed by atoms with Crippen LogP contribution in [0.1, 0.15) is 26.2 Å². The third-order valence-electron chi connectivity index (χ3n) is 3.81. The van der Waals surface area contributed by atoms with Crippen LogP contribution in [-0.4, -0.2) is 47.8 Å². The molecule has 15 heavy (non-hydrogen) atoms. The first-order valence-electron chi connectivity index (χ1n) is 5.62. The highest BCUT2D eigenvalue weighted by molar-refractivity contribution is 5.71. The second kappa shape index (κ2) is 3.76. The van der Waals surface area contributed by atoms with Crippen LogP contribution in [0, 0.1) is 5.92 Å². The quantitative estimate of drug-likeness (QED) is 0.705. The highest BCUT2D eigenvalue weighted by atomic mass is 16.5. The summed E-state index contributed by atoms with van der Waals surface area (Å²) in [5, 5.41) is 9.06. The van der Waals surface area contributed by atoms with Gasteiger partial charge < -0.3 is 14.7 Å². The van der Waals surface area contributed by atoms with Gasteiger partial charge in [-0.25, -0.2) is 0 Å². The Morgan fingerprint density at radius 3 is 2.53 bits per heavy atom. The molecule has 2 unspecified atom stereocenters. The van der Waals surface area contributed by atoms with E-state index in [-0.39, 0.29) is 17.6 Å². The zero-order chi connectivity index (χ0) is 11.1. The maximum atomic E-state index is 11.0. The highest BCUT2D eigenvalue weighted by Crippen LogP contribution is 2.41. The summed E-state index contributed by atoms with van der Waals surface area (Å²) in [6.07, 6.45) is 2.50. The summed E-state index contributed by atoms with van der Waals surface area (Å²) in [6.45, 7) is 3.91. The Labute approximate surface area is 90.2 Å². The van der Waals surface area contributed by atoms with Gasteiger partial charge in [-0.2, -0.15) is 0 Å². The maximum absolute atomic E-state index is 11.0. The monoisotopic (exact) mass is 213 g/mol. The van der Waals surface area contributed by atoms with Gasteiger partial charge in [0.2, 0.25) is 0 Å². The Morgan fingerprint density at radius 2 is 2.07 bits per heavy atom. The van der Waals surface area contributed by atoms with E-state index in [1.54, 1.807) is 0 Å². The Kier molecular flexibility index (Phi) is 2.73. The Balaban J connectivity index is 2.04. The van der Waals surface area contributed by atoms with Gasteiger partial charge in [0, 0.05) is 13.1 Å². The van der Waals surface area contributed by atoms with E-state index in [1.807, 2.05) is 6.92 Å². The number of nitrogens with zero attached hydrogens (tertiary/aromatic N) is 1. The zero-order valence-corrected chi connectivity index (χ0v) is 9.40. The lowest BCUT2D eigenvalue weighted by Crippen LogP contribution is -2.42. The van der Waals surface area contributed by atoms with E-state index in [2.05, 4.69) is 11.9 Å². The first kappa shape index (κ1) is 10.9. The fourth-order valence-corrected chi connectivity index (χ4v) is 2.73. The van der Waals surface area contributed by atoms with Crippen molar-refractivity contribution in [3.8, 4) is 0 Å². The molecule has 0 aromatic heterocycles. The lowest BCUT2D eigenvalue weighted by atomic mass is 9.85. The van der Waals surface area contributed by atoms with Crippen molar-refractivity contribution < 1.29 is 14.6 Å². The average Bonchev–Trinajstić information content (AvgIpc) is 2.50. The topological polar surface area (TPSA) is 49.8 Å². The molecule has 0 radical (unpaired) electrons. The smallest absolute Gasteiger partial charge is 0.309 e. The summed E-state index contributed by atoms with van der Waals surface area (Å²) in [7, 11) is 2.10. The molecule has 86 valence electrons. The highest BCUT2D eigenvalue weighted by Gasteiger charge is 2.48. The molecule has 2 saturated heterocycles. The number of carboxylic acids is 1. The van der Waals surface area contributed by atoms with Gasteiger partial charge in [-0.3, -0.25) is 4.79 Å². The molecule has 0 bridgehead atoms. The molecule has 0 aliphatic carbocycles. The van der Waals surface area contributed by atoms with Crippen LogP contribution < -0.4 is 0 Å². The Bertz CT molecular complexity index is 259. The van der Waals surface area contributed by atoms with Crippen LogP contribution in [0.2, 0.25) is 0 Å². The lowest BCUT2D eigenvalue weighted by Gasteiger charge is -2.37. The molecule has 2 aliphatic heterocycles. The van der Waals surface area contributed by atoms with Crippen LogP contribution in [0.5, 0.6) is 0 Å². The summed E-state index contributed by atoms with van der Waals surface area (Å²) in [4.78, 5) is 13.3. The first-order valence-corrected chi connectivity index (χ1v) is 5.62. The number of hydrogen-bond donors (Lipinski definition) is 1. The van der Waals surface area contributed by atoms with E-state index in [0.717, 1.165) is 25.9 Å². The van der Waals surface area contributed by atoms with E-state index in [1.165, 1.54) is 0 Å². The van der Waals surface area contributed by atoms with Crippen molar-refractivity contribution in [1.82, 2.24) is 4.90 Å². The molecule has 1 N–H and O–H groups in total. The third-order valence-corrected chi connectivity index (χ3v) is 3.81. The molecule has 2 aliphatic rings. The Hall–Kier alpha value is -0.610. The molecule has 1 spiro atoms. The van der Waals surface area contributed by atoms with Crippen molar-refractivity contribution in [2.75, 3.05) is 20.1 Å². The molecule has 4 nitrogen and oxygen atoms in total. The number of carbonyl (C=O) groups is 1. The average molecular weight is 213 g/mol. The van der Waals surface area contributed by atoms with Crippen LogP contribution in [0.25, 0.3) is 0 Å². The van der Waals surface area contributed by atoms with Gasteiger partial charge in [0.05, 0.1) is 17.6 Å². The molecule has 0 amide bonds. The summed E-state index contributed by atoms with van der Waals surface area (Å²) < 4.78 is 5.90. The lowest BCUT2D eigenvalue weighted by molar-refractivity contribution is -0.143. The number of rotatable bonds is 1. The van der Waals surface area contributed by atoms with Gasteiger partial charge in [0.15, 0.2) is 0 Å². The van der Waals surface area contributed by atoms with Gasteiger partial charge in [0.25, 0.3) is 0 Å². The van der Waals surface area contributed by atoms with Crippen LogP contribution >= 0.6 is 0 Å². The molecule has 4 heteroatoms. The van der Waals surface area contributed by atoms with Crippen molar-refractivity contribution in [3.05, 3.63) is 0 Å². The van der Waals surface area contributed by atoms with Crippen LogP contribution in [0.4, 0.5) is 0 Å². The number of ether oxygens (including phenoxy) is 1. The minimum atomic E-state index is -0.710. The molecule has 2 fully saturated rings. The van der Waals surface area contributed by atoms with Crippen molar-refractivity contribution in [2.24, 2.45) is 5.92 Å². The van der Waals surface area contributed by atoms with Crippen LogP contribution in [0.3, 0.4) is 0 Å². The number of hydrogen-bond acceptors (Lipinski definition) is 3. The van der Waals surface area contributed by atoms with Crippen molar-refractivity contribution in [1.29, 1.82) is 0 Å². The largest absolute Gasteiger partial charge is 0.481 e. The summed E-state index contributed by atoms with van der Waals surface area (Å²) >= 11 is 0. The minimum Gasteiger partial charge on any atom is -0.481 e. The van der Waals surface area contributed by atoms with E-state index >= 15 is 0 Å². The molecule has 2 heterocycles. The predicted octanol–water partition coefficient (Wildman–Crippen LogP) is 0.960. The normalized spacial score (nSPS) is 35.9. The van der Waals surface area contributed by atoms with E-state index in [4.69, 9.17) is 9.84 Å². The van der Waals surface area contributed by atoms with Gasteiger partial charge >= 0.3 is 5.97 Å². The molecule has 0 aromatic rings. The summed E-state index contributed by atoms with van der Waals surface area (Å²) in [6, 6.07) is 0. The molecule has 0 aromatic carbocycles. The number of piperidine rings is 1. The predicted molar refractivity (Wildman–Crippen MR) is 55.8 cm³/mol. The molecule has 2 rings (SSSR count). The third kappa shape index (κ3) is 2.01. The van der Waals surface area contributed by atoms with Gasteiger partial charge in [-0.15, -0.1) is 0 Å². The Morgan fingerprint density at radius 1 is 1.47 bits per heavy atom. The SMILES string of the molecule is CC1OC2(CCN(C)CC2)CC1C(=O)O. The molecular weight excluding hydrogens is 194 g/mol. The van der Waals surface area contributed by atoms with Crippen LogP contribution in [-0.2, 0) is 9.53 Å². The van der Waals surface area contributed by atoms with Crippen molar-refractivity contribution >= 4 is 5.97 Å². The van der Waals surface area contributed by atoms with Gasteiger partial charge in [0.1, 0.15) is 0 Å².